The second-order valence-corrected chi connectivity index (χ2v) is 7.45. The summed E-state index contributed by atoms with van der Waals surface area (Å²) in [5.41, 5.74) is 2.64. The first-order valence-electron chi connectivity index (χ1n) is 8.36. The van der Waals surface area contributed by atoms with E-state index in [0.717, 1.165) is 36.9 Å². The summed E-state index contributed by atoms with van der Waals surface area (Å²) in [6.07, 6.45) is 5.10. The van der Waals surface area contributed by atoms with Gasteiger partial charge in [-0.3, -0.25) is 9.36 Å². The maximum atomic E-state index is 12.3. The van der Waals surface area contributed by atoms with Gasteiger partial charge in [0.05, 0.1) is 17.5 Å². The van der Waals surface area contributed by atoms with Crippen LogP contribution < -0.4 is 5.32 Å². The Morgan fingerprint density at radius 1 is 1.40 bits per heavy atom. The highest BCUT2D eigenvalue weighted by Gasteiger charge is 2.35. The van der Waals surface area contributed by atoms with Crippen molar-refractivity contribution in [2.24, 2.45) is 0 Å². The number of amides is 1. The van der Waals surface area contributed by atoms with E-state index in [1.807, 2.05) is 23.6 Å². The topological polar surface area (TPSA) is 83.6 Å². The van der Waals surface area contributed by atoms with Crippen LogP contribution in [0.15, 0.2) is 29.7 Å². The molecule has 1 fully saturated rings. The lowest BCUT2D eigenvalue weighted by Crippen LogP contribution is -2.45. The van der Waals surface area contributed by atoms with Crippen LogP contribution in [-0.4, -0.2) is 32.0 Å². The molecule has 1 aromatic carbocycles. The summed E-state index contributed by atoms with van der Waals surface area (Å²) in [4.78, 5) is 12.3. The van der Waals surface area contributed by atoms with E-state index < -0.39 is 5.54 Å². The fourth-order valence-corrected chi connectivity index (χ4v) is 3.96. The van der Waals surface area contributed by atoms with E-state index in [1.165, 1.54) is 17.3 Å². The molecule has 7 heteroatoms. The molecule has 6 nitrogen and oxygen atoms in total. The molecule has 0 saturated heterocycles. The largest absolute Gasteiger partial charge is 0.337 e. The Morgan fingerprint density at radius 3 is 2.84 bits per heavy atom. The number of carbonyl (C=O) groups excluding carboxylic acids is 1. The summed E-state index contributed by atoms with van der Waals surface area (Å²) >= 11 is 1.33. The van der Waals surface area contributed by atoms with Gasteiger partial charge in [-0.15, -0.1) is 10.2 Å². The van der Waals surface area contributed by atoms with E-state index in [0.29, 0.717) is 5.16 Å². The van der Waals surface area contributed by atoms with Gasteiger partial charge in [0.15, 0.2) is 5.16 Å². The minimum absolute atomic E-state index is 0.136. The monoisotopic (exact) mass is 355 g/mol. The molecular formula is C18H21N5OS. The van der Waals surface area contributed by atoms with E-state index in [9.17, 15) is 10.1 Å². The Bertz CT molecular complexity index is 817. The number of nitriles is 1. The Morgan fingerprint density at radius 2 is 2.16 bits per heavy atom. The third kappa shape index (κ3) is 3.85. The van der Waals surface area contributed by atoms with Crippen molar-refractivity contribution in [2.75, 3.05) is 5.75 Å². The number of nitrogens with one attached hydrogen (secondary N) is 1. The fourth-order valence-electron chi connectivity index (χ4n) is 3.24. The summed E-state index contributed by atoms with van der Waals surface area (Å²) in [5.74, 6) is 0.0798. The predicted molar refractivity (Wildman–Crippen MR) is 96.5 cm³/mol. The molecule has 25 heavy (non-hydrogen) atoms. The van der Waals surface area contributed by atoms with Gasteiger partial charge in [0.1, 0.15) is 11.9 Å². The second kappa shape index (κ2) is 7.28. The number of nitrogens with zero attached hydrogens (tertiary/aromatic N) is 4. The lowest BCUT2D eigenvalue weighted by molar-refractivity contribution is -0.119. The number of hydrogen-bond acceptors (Lipinski definition) is 5. The van der Waals surface area contributed by atoms with Gasteiger partial charge >= 0.3 is 0 Å². The molecule has 0 atom stereocenters. The summed E-state index contributed by atoms with van der Waals surface area (Å²) in [6.45, 7) is 4.09. The number of aromatic nitrogens is 3. The molecule has 1 aliphatic rings. The summed E-state index contributed by atoms with van der Waals surface area (Å²) < 4.78 is 1.89. The van der Waals surface area contributed by atoms with Crippen molar-refractivity contribution in [3.05, 3.63) is 35.7 Å². The molecular weight excluding hydrogens is 334 g/mol. The van der Waals surface area contributed by atoms with Crippen LogP contribution in [0.3, 0.4) is 0 Å². The molecule has 2 aromatic rings. The molecule has 1 saturated carbocycles. The van der Waals surface area contributed by atoms with Crippen LogP contribution in [-0.2, 0) is 4.79 Å². The third-order valence-corrected chi connectivity index (χ3v) is 5.45. The van der Waals surface area contributed by atoms with Crippen LogP contribution >= 0.6 is 11.8 Å². The number of benzene rings is 1. The lowest BCUT2D eigenvalue weighted by Gasteiger charge is -2.21. The summed E-state index contributed by atoms with van der Waals surface area (Å²) in [6, 6.07) is 8.45. The Labute approximate surface area is 151 Å². The molecule has 0 spiro atoms. The third-order valence-electron chi connectivity index (χ3n) is 4.51. The summed E-state index contributed by atoms with van der Waals surface area (Å²) in [5, 5.41) is 21.0. The van der Waals surface area contributed by atoms with Crippen LogP contribution in [0.5, 0.6) is 0 Å². The number of carbonyl (C=O) groups is 1. The highest BCUT2D eigenvalue weighted by atomic mass is 32.2. The molecule has 130 valence electrons. The molecule has 0 radical (unpaired) electrons. The van der Waals surface area contributed by atoms with Crippen molar-refractivity contribution in [2.45, 2.75) is 50.2 Å². The molecule has 0 bridgehead atoms. The zero-order chi connectivity index (χ0) is 17.9. The first-order valence-corrected chi connectivity index (χ1v) is 9.34. The molecule has 1 aromatic heterocycles. The highest BCUT2D eigenvalue weighted by Crippen LogP contribution is 2.29. The van der Waals surface area contributed by atoms with E-state index in [2.05, 4.69) is 34.6 Å². The van der Waals surface area contributed by atoms with Crippen molar-refractivity contribution < 1.29 is 4.79 Å². The van der Waals surface area contributed by atoms with Crippen LogP contribution in [0, 0.1) is 25.2 Å². The van der Waals surface area contributed by atoms with Gasteiger partial charge in [0.25, 0.3) is 0 Å². The molecule has 1 amide bonds. The zero-order valence-electron chi connectivity index (χ0n) is 14.5. The van der Waals surface area contributed by atoms with Crippen LogP contribution in [0.25, 0.3) is 5.69 Å². The average Bonchev–Trinajstić information content (AvgIpc) is 3.23. The average molecular weight is 355 g/mol. The first kappa shape index (κ1) is 17.5. The fraction of sp³-hybridized carbons (Fsp3) is 0.444. The second-order valence-electron chi connectivity index (χ2n) is 6.51. The first-order chi connectivity index (χ1) is 12.0. The van der Waals surface area contributed by atoms with Crippen molar-refractivity contribution >= 4 is 17.7 Å². The van der Waals surface area contributed by atoms with Crippen molar-refractivity contribution in [3.63, 3.8) is 0 Å². The Balaban J connectivity index is 1.68. The molecule has 1 heterocycles. The molecule has 1 N–H and O–H groups in total. The van der Waals surface area contributed by atoms with Crippen LogP contribution in [0.1, 0.15) is 36.8 Å². The van der Waals surface area contributed by atoms with E-state index in [-0.39, 0.29) is 11.7 Å². The standard InChI is InChI=1S/C18H21N5OS/c1-13-5-6-15(14(2)9-13)23-12-20-22-17(23)25-10-16(24)21-18(11-19)7-3-4-8-18/h5-6,9,12H,3-4,7-8,10H2,1-2H3,(H,21,24). The van der Waals surface area contributed by atoms with E-state index >= 15 is 0 Å². The number of rotatable bonds is 5. The van der Waals surface area contributed by atoms with Crippen LogP contribution in [0.2, 0.25) is 0 Å². The summed E-state index contributed by atoms with van der Waals surface area (Å²) in [7, 11) is 0. The van der Waals surface area contributed by atoms with Crippen LogP contribution in [0.4, 0.5) is 0 Å². The van der Waals surface area contributed by atoms with Gasteiger partial charge in [-0.25, -0.2) is 0 Å². The SMILES string of the molecule is Cc1ccc(-n2cnnc2SCC(=O)NC2(C#N)CCCC2)c(C)c1. The number of thioether (sulfide) groups is 1. The van der Waals surface area contributed by atoms with Gasteiger partial charge < -0.3 is 5.32 Å². The Kier molecular flexibility index (Phi) is 5.09. The zero-order valence-corrected chi connectivity index (χ0v) is 15.3. The highest BCUT2D eigenvalue weighted by molar-refractivity contribution is 7.99. The molecule has 0 aliphatic heterocycles. The predicted octanol–water partition coefficient (Wildman–Crippen LogP) is 2.93. The van der Waals surface area contributed by atoms with Gasteiger partial charge in [0, 0.05) is 0 Å². The quantitative estimate of drug-likeness (QED) is 0.834. The normalized spacial score (nSPS) is 15.7. The van der Waals surface area contributed by atoms with Gasteiger partial charge in [0.2, 0.25) is 5.91 Å². The molecule has 3 rings (SSSR count). The van der Waals surface area contributed by atoms with Gasteiger partial charge in [-0.1, -0.05) is 29.5 Å². The van der Waals surface area contributed by atoms with Crippen molar-refractivity contribution in [1.29, 1.82) is 5.26 Å². The number of aryl methyl sites for hydroxylation is 2. The molecule has 0 unspecified atom stereocenters. The number of hydrogen-bond donors (Lipinski definition) is 1. The van der Waals surface area contributed by atoms with E-state index in [1.54, 1.807) is 6.33 Å². The Hall–Kier alpha value is -2.33. The lowest BCUT2D eigenvalue weighted by atomic mass is 10.0. The van der Waals surface area contributed by atoms with Crippen molar-refractivity contribution in [3.8, 4) is 11.8 Å². The van der Waals surface area contributed by atoms with Crippen molar-refractivity contribution in [1.82, 2.24) is 20.1 Å². The minimum Gasteiger partial charge on any atom is -0.337 e. The minimum atomic E-state index is -0.682. The maximum absolute atomic E-state index is 12.3. The molecule has 1 aliphatic carbocycles. The van der Waals surface area contributed by atoms with E-state index in [4.69, 9.17) is 0 Å². The van der Waals surface area contributed by atoms with Gasteiger partial charge in [-0.05, 0) is 51.2 Å². The maximum Gasteiger partial charge on any atom is 0.231 e. The smallest absolute Gasteiger partial charge is 0.231 e. The van der Waals surface area contributed by atoms with Gasteiger partial charge in [-0.2, -0.15) is 5.26 Å².